The second kappa shape index (κ2) is 5.93. The van der Waals surface area contributed by atoms with Gasteiger partial charge in [-0.05, 0) is 49.9 Å². The zero-order valence-corrected chi connectivity index (χ0v) is 11.7. The molecule has 104 valence electrons. The Labute approximate surface area is 116 Å². The largest absolute Gasteiger partial charge is 0.369 e. The summed E-state index contributed by atoms with van der Waals surface area (Å²) in [7, 11) is 0. The lowest BCUT2D eigenvalue weighted by Gasteiger charge is -2.37. The zero-order chi connectivity index (χ0) is 13.1. The molecule has 1 aromatic carbocycles. The molecule has 19 heavy (non-hydrogen) atoms. The first-order valence-corrected chi connectivity index (χ1v) is 7.65. The summed E-state index contributed by atoms with van der Waals surface area (Å²) < 4.78 is 0. The molecule has 2 N–H and O–H groups in total. The van der Waals surface area contributed by atoms with Crippen LogP contribution in [-0.4, -0.2) is 44.2 Å². The van der Waals surface area contributed by atoms with E-state index in [0.29, 0.717) is 0 Å². The highest BCUT2D eigenvalue weighted by atomic mass is 15.3. The number of rotatable bonds is 5. The monoisotopic (exact) mass is 259 g/mol. The van der Waals surface area contributed by atoms with E-state index >= 15 is 0 Å². The van der Waals surface area contributed by atoms with Crippen molar-refractivity contribution in [2.45, 2.75) is 25.2 Å². The summed E-state index contributed by atoms with van der Waals surface area (Å²) in [4.78, 5) is 5.12. The van der Waals surface area contributed by atoms with Crippen molar-refractivity contribution in [3.63, 3.8) is 0 Å². The molecule has 0 bridgehead atoms. The summed E-state index contributed by atoms with van der Waals surface area (Å²) >= 11 is 0. The summed E-state index contributed by atoms with van der Waals surface area (Å²) in [6.07, 6.45) is 3.89. The normalized spacial score (nSPS) is 20.8. The average Bonchev–Trinajstić information content (AvgIpc) is 3.30. The van der Waals surface area contributed by atoms with Crippen molar-refractivity contribution in [3.05, 3.63) is 29.8 Å². The molecule has 1 aromatic rings. The summed E-state index contributed by atoms with van der Waals surface area (Å²) in [5.74, 6) is 0.839. The second-order valence-corrected chi connectivity index (χ2v) is 5.80. The van der Waals surface area contributed by atoms with E-state index in [1.807, 2.05) is 0 Å². The van der Waals surface area contributed by atoms with Crippen molar-refractivity contribution in [2.24, 2.45) is 5.73 Å². The van der Waals surface area contributed by atoms with E-state index in [-0.39, 0.29) is 0 Å². The first kappa shape index (κ1) is 12.9. The number of benzene rings is 1. The van der Waals surface area contributed by atoms with E-state index in [1.165, 1.54) is 31.6 Å². The van der Waals surface area contributed by atoms with Crippen LogP contribution in [-0.2, 0) is 0 Å². The molecule has 3 rings (SSSR count). The van der Waals surface area contributed by atoms with Crippen molar-refractivity contribution < 1.29 is 0 Å². The maximum absolute atomic E-state index is 5.59. The van der Waals surface area contributed by atoms with Gasteiger partial charge in [0.1, 0.15) is 0 Å². The summed E-state index contributed by atoms with van der Waals surface area (Å²) in [5.41, 5.74) is 8.66. The van der Waals surface area contributed by atoms with E-state index in [9.17, 15) is 0 Å². The van der Waals surface area contributed by atoms with Gasteiger partial charge in [-0.3, -0.25) is 4.90 Å². The number of piperazine rings is 1. The fourth-order valence-corrected chi connectivity index (χ4v) is 3.04. The fourth-order valence-electron chi connectivity index (χ4n) is 3.04. The molecule has 0 radical (unpaired) electrons. The number of hydrogen-bond donors (Lipinski definition) is 1. The fraction of sp³-hybridized carbons (Fsp3) is 0.625. The van der Waals surface area contributed by atoms with E-state index in [0.717, 1.165) is 38.5 Å². The van der Waals surface area contributed by atoms with Gasteiger partial charge < -0.3 is 10.6 Å². The Kier molecular flexibility index (Phi) is 4.04. The standard InChI is InChI=1S/C16H25N3/c17-8-3-9-18-10-12-19(13-11-18)16-5-2-1-4-15(16)14-6-7-14/h1-2,4-5,14H,3,6-13,17H2. The van der Waals surface area contributed by atoms with Crippen molar-refractivity contribution in [2.75, 3.05) is 44.2 Å². The molecule has 0 atom stereocenters. The lowest BCUT2D eigenvalue weighted by Crippen LogP contribution is -2.47. The number of nitrogens with zero attached hydrogens (tertiary/aromatic N) is 2. The highest BCUT2D eigenvalue weighted by Crippen LogP contribution is 2.44. The number of nitrogens with two attached hydrogens (primary N) is 1. The van der Waals surface area contributed by atoms with Crippen molar-refractivity contribution in [1.29, 1.82) is 0 Å². The van der Waals surface area contributed by atoms with Crippen molar-refractivity contribution in [1.82, 2.24) is 4.90 Å². The van der Waals surface area contributed by atoms with Gasteiger partial charge in [-0.25, -0.2) is 0 Å². The molecule has 0 unspecified atom stereocenters. The third-order valence-corrected chi connectivity index (χ3v) is 4.35. The van der Waals surface area contributed by atoms with Gasteiger partial charge in [0.15, 0.2) is 0 Å². The van der Waals surface area contributed by atoms with Crippen LogP contribution in [0.3, 0.4) is 0 Å². The SMILES string of the molecule is NCCCN1CCN(c2ccccc2C2CC2)CC1. The summed E-state index contributed by atoms with van der Waals surface area (Å²) in [6.45, 7) is 6.65. The van der Waals surface area contributed by atoms with Crippen LogP contribution in [0.5, 0.6) is 0 Å². The van der Waals surface area contributed by atoms with E-state index < -0.39 is 0 Å². The molecule has 1 saturated heterocycles. The van der Waals surface area contributed by atoms with Crippen LogP contribution < -0.4 is 10.6 Å². The predicted octanol–water partition coefficient (Wildman–Crippen LogP) is 2.03. The van der Waals surface area contributed by atoms with Crippen LogP contribution in [0.15, 0.2) is 24.3 Å². The molecule has 1 saturated carbocycles. The molecule has 2 aliphatic rings. The number of para-hydroxylation sites is 1. The molecule has 1 aliphatic heterocycles. The van der Waals surface area contributed by atoms with Gasteiger partial charge in [0, 0.05) is 31.9 Å². The summed E-state index contributed by atoms with van der Waals surface area (Å²) in [6, 6.07) is 9.01. The average molecular weight is 259 g/mol. The third kappa shape index (κ3) is 3.10. The molecule has 1 aliphatic carbocycles. The Morgan fingerprint density at radius 3 is 2.47 bits per heavy atom. The Morgan fingerprint density at radius 1 is 1.05 bits per heavy atom. The molecule has 3 nitrogen and oxygen atoms in total. The van der Waals surface area contributed by atoms with Gasteiger partial charge in [0.05, 0.1) is 0 Å². The zero-order valence-electron chi connectivity index (χ0n) is 11.7. The first-order chi connectivity index (χ1) is 9.38. The second-order valence-electron chi connectivity index (χ2n) is 5.80. The van der Waals surface area contributed by atoms with Crippen LogP contribution in [0.2, 0.25) is 0 Å². The van der Waals surface area contributed by atoms with Crippen LogP contribution in [0.4, 0.5) is 5.69 Å². The lowest BCUT2D eigenvalue weighted by atomic mass is 10.1. The maximum atomic E-state index is 5.59. The first-order valence-electron chi connectivity index (χ1n) is 7.65. The van der Waals surface area contributed by atoms with Gasteiger partial charge in [0.25, 0.3) is 0 Å². The van der Waals surface area contributed by atoms with Crippen LogP contribution in [0.25, 0.3) is 0 Å². The van der Waals surface area contributed by atoms with Crippen molar-refractivity contribution >= 4 is 5.69 Å². The van der Waals surface area contributed by atoms with Gasteiger partial charge in [-0.2, -0.15) is 0 Å². The highest BCUT2D eigenvalue weighted by molar-refractivity contribution is 5.56. The van der Waals surface area contributed by atoms with E-state index in [2.05, 4.69) is 34.1 Å². The highest BCUT2D eigenvalue weighted by Gasteiger charge is 2.28. The minimum atomic E-state index is 0.810. The summed E-state index contributed by atoms with van der Waals surface area (Å²) in [5, 5.41) is 0. The van der Waals surface area contributed by atoms with Gasteiger partial charge in [-0.15, -0.1) is 0 Å². The quantitative estimate of drug-likeness (QED) is 0.878. The Morgan fingerprint density at radius 2 is 1.79 bits per heavy atom. The lowest BCUT2D eigenvalue weighted by molar-refractivity contribution is 0.256. The van der Waals surface area contributed by atoms with Gasteiger partial charge in [0.2, 0.25) is 0 Å². The molecule has 1 heterocycles. The predicted molar refractivity (Wildman–Crippen MR) is 80.7 cm³/mol. The van der Waals surface area contributed by atoms with Crippen LogP contribution >= 0.6 is 0 Å². The third-order valence-electron chi connectivity index (χ3n) is 4.35. The van der Waals surface area contributed by atoms with Crippen LogP contribution in [0, 0.1) is 0 Å². The number of hydrogen-bond acceptors (Lipinski definition) is 3. The Bertz CT molecular complexity index is 406. The minimum absolute atomic E-state index is 0.810. The van der Waals surface area contributed by atoms with Crippen LogP contribution in [0.1, 0.15) is 30.7 Å². The number of anilines is 1. The molecule has 0 spiro atoms. The Hall–Kier alpha value is -1.06. The van der Waals surface area contributed by atoms with E-state index in [1.54, 1.807) is 5.56 Å². The molecular formula is C16H25N3. The topological polar surface area (TPSA) is 32.5 Å². The molecule has 2 fully saturated rings. The minimum Gasteiger partial charge on any atom is -0.369 e. The van der Waals surface area contributed by atoms with Gasteiger partial charge >= 0.3 is 0 Å². The van der Waals surface area contributed by atoms with E-state index in [4.69, 9.17) is 5.73 Å². The maximum Gasteiger partial charge on any atom is 0.0402 e. The molecular weight excluding hydrogens is 234 g/mol. The van der Waals surface area contributed by atoms with Gasteiger partial charge in [-0.1, -0.05) is 18.2 Å². The van der Waals surface area contributed by atoms with Crippen molar-refractivity contribution in [3.8, 4) is 0 Å². The molecule has 0 aromatic heterocycles. The molecule has 0 amide bonds. The smallest absolute Gasteiger partial charge is 0.0402 e. The molecule has 3 heteroatoms. The Balaban J connectivity index is 1.62.